The van der Waals surface area contributed by atoms with Gasteiger partial charge in [0.15, 0.2) is 5.13 Å². The summed E-state index contributed by atoms with van der Waals surface area (Å²) in [6.45, 7) is 0. The van der Waals surface area contributed by atoms with Crippen molar-refractivity contribution in [1.82, 2.24) is 4.98 Å². The predicted molar refractivity (Wildman–Crippen MR) is 99.9 cm³/mol. The van der Waals surface area contributed by atoms with Crippen molar-refractivity contribution in [2.24, 2.45) is 0 Å². The number of aryl methyl sites for hydroxylation is 1. The molecular weight excluding hydrogens is 334 g/mol. The Morgan fingerprint density at radius 1 is 0.920 bits per heavy atom. The molecule has 2 aromatic carbocycles. The van der Waals surface area contributed by atoms with Gasteiger partial charge in [0.1, 0.15) is 0 Å². The highest BCUT2D eigenvalue weighted by molar-refractivity contribution is 7.14. The van der Waals surface area contributed by atoms with E-state index in [0.717, 1.165) is 11.4 Å². The van der Waals surface area contributed by atoms with E-state index in [1.54, 1.807) is 12.1 Å². The SMILES string of the molecule is O=C(CCc1csc(NC(=O)c2ccccc2)n1)Nc1ccccc1. The Morgan fingerprint density at radius 3 is 2.32 bits per heavy atom. The molecule has 0 radical (unpaired) electrons. The fourth-order valence-corrected chi connectivity index (χ4v) is 2.96. The summed E-state index contributed by atoms with van der Waals surface area (Å²) in [6.07, 6.45) is 0.862. The maximum absolute atomic E-state index is 12.1. The second kappa shape index (κ2) is 8.21. The van der Waals surface area contributed by atoms with Crippen molar-refractivity contribution in [2.75, 3.05) is 10.6 Å². The van der Waals surface area contributed by atoms with Crippen molar-refractivity contribution in [3.05, 3.63) is 77.3 Å². The highest BCUT2D eigenvalue weighted by Gasteiger charge is 2.10. The lowest BCUT2D eigenvalue weighted by Gasteiger charge is -2.03. The van der Waals surface area contributed by atoms with Gasteiger partial charge in [-0.05, 0) is 30.7 Å². The van der Waals surface area contributed by atoms with Crippen LogP contribution in [0.5, 0.6) is 0 Å². The predicted octanol–water partition coefficient (Wildman–Crippen LogP) is 3.97. The molecule has 0 aliphatic heterocycles. The van der Waals surface area contributed by atoms with Crippen LogP contribution in [0.3, 0.4) is 0 Å². The molecule has 2 N–H and O–H groups in total. The Hall–Kier alpha value is -2.99. The Morgan fingerprint density at radius 2 is 1.60 bits per heavy atom. The number of carbonyl (C=O) groups is 2. The van der Waals surface area contributed by atoms with Gasteiger partial charge in [0.25, 0.3) is 5.91 Å². The number of aromatic nitrogens is 1. The Kier molecular flexibility index (Phi) is 5.53. The molecule has 1 heterocycles. The number of anilines is 2. The number of rotatable bonds is 6. The first kappa shape index (κ1) is 16.9. The Bertz CT molecular complexity index is 847. The zero-order chi connectivity index (χ0) is 17.5. The number of thiazole rings is 1. The molecule has 3 aromatic rings. The molecule has 25 heavy (non-hydrogen) atoms. The van der Waals surface area contributed by atoms with Crippen LogP contribution in [0.4, 0.5) is 10.8 Å². The maximum atomic E-state index is 12.1. The molecule has 0 spiro atoms. The molecule has 0 saturated carbocycles. The van der Waals surface area contributed by atoms with E-state index in [1.807, 2.05) is 53.9 Å². The molecule has 3 rings (SSSR count). The minimum absolute atomic E-state index is 0.0610. The monoisotopic (exact) mass is 351 g/mol. The van der Waals surface area contributed by atoms with Gasteiger partial charge in [-0.2, -0.15) is 0 Å². The minimum Gasteiger partial charge on any atom is -0.326 e. The molecule has 0 bridgehead atoms. The van der Waals surface area contributed by atoms with Gasteiger partial charge in [0.05, 0.1) is 5.69 Å². The normalized spacial score (nSPS) is 10.2. The topological polar surface area (TPSA) is 71.1 Å². The van der Waals surface area contributed by atoms with E-state index in [1.165, 1.54) is 11.3 Å². The molecular formula is C19H17N3O2S. The van der Waals surface area contributed by atoms with Crippen LogP contribution in [-0.2, 0) is 11.2 Å². The van der Waals surface area contributed by atoms with Gasteiger partial charge in [-0.15, -0.1) is 11.3 Å². The average molecular weight is 351 g/mol. The van der Waals surface area contributed by atoms with E-state index < -0.39 is 0 Å². The van der Waals surface area contributed by atoms with Crippen LogP contribution >= 0.6 is 11.3 Å². The van der Waals surface area contributed by atoms with Crippen LogP contribution in [-0.4, -0.2) is 16.8 Å². The molecule has 0 atom stereocenters. The van der Waals surface area contributed by atoms with E-state index in [9.17, 15) is 9.59 Å². The van der Waals surface area contributed by atoms with Crippen molar-refractivity contribution in [3.63, 3.8) is 0 Å². The average Bonchev–Trinajstić information content (AvgIpc) is 3.09. The van der Waals surface area contributed by atoms with Gasteiger partial charge in [-0.25, -0.2) is 4.98 Å². The molecule has 1 aromatic heterocycles. The van der Waals surface area contributed by atoms with Crippen LogP contribution in [0.2, 0.25) is 0 Å². The molecule has 0 saturated heterocycles. The Balaban J connectivity index is 1.50. The summed E-state index contributed by atoms with van der Waals surface area (Å²) in [5.74, 6) is -0.252. The van der Waals surface area contributed by atoms with Crippen molar-refractivity contribution in [1.29, 1.82) is 0 Å². The van der Waals surface area contributed by atoms with Crippen LogP contribution in [0.25, 0.3) is 0 Å². The third kappa shape index (κ3) is 4.99. The first-order valence-corrected chi connectivity index (χ1v) is 8.74. The lowest BCUT2D eigenvalue weighted by Crippen LogP contribution is -2.13. The number of para-hydroxylation sites is 1. The van der Waals surface area contributed by atoms with E-state index >= 15 is 0 Å². The van der Waals surface area contributed by atoms with Gasteiger partial charge < -0.3 is 5.32 Å². The second-order valence-electron chi connectivity index (χ2n) is 5.38. The molecule has 0 unspecified atom stereocenters. The highest BCUT2D eigenvalue weighted by Crippen LogP contribution is 2.18. The minimum atomic E-state index is -0.191. The van der Waals surface area contributed by atoms with Gasteiger partial charge in [-0.3, -0.25) is 14.9 Å². The lowest BCUT2D eigenvalue weighted by atomic mass is 10.2. The van der Waals surface area contributed by atoms with Gasteiger partial charge in [-0.1, -0.05) is 36.4 Å². The standard InChI is InChI=1S/C19H17N3O2S/c23-17(20-15-9-5-2-6-10-15)12-11-16-13-25-19(21-16)22-18(24)14-7-3-1-4-8-14/h1-10,13H,11-12H2,(H,20,23)(H,21,22,24). The summed E-state index contributed by atoms with van der Waals surface area (Å²) in [7, 11) is 0. The summed E-state index contributed by atoms with van der Waals surface area (Å²) in [6, 6.07) is 18.3. The lowest BCUT2D eigenvalue weighted by molar-refractivity contribution is -0.116. The summed E-state index contributed by atoms with van der Waals surface area (Å²) >= 11 is 1.35. The summed E-state index contributed by atoms with van der Waals surface area (Å²) in [5, 5.41) is 8.01. The zero-order valence-electron chi connectivity index (χ0n) is 13.4. The number of amides is 2. The van der Waals surface area contributed by atoms with Crippen molar-refractivity contribution in [2.45, 2.75) is 12.8 Å². The number of benzene rings is 2. The molecule has 2 amide bonds. The summed E-state index contributed by atoms with van der Waals surface area (Å²) in [4.78, 5) is 28.4. The molecule has 0 fully saturated rings. The third-order valence-electron chi connectivity index (χ3n) is 3.47. The number of hydrogen-bond donors (Lipinski definition) is 2. The van der Waals surface area contributed by atoms with Gasteiger partial charge >= 0.3 is 0 Å². The van der Waals surface area contributed by atoms with Crippen molar-refractivity contribution >= 4 is 34.0 Å². The highest BCUT2D eigenvalue weighted by atomic mass is 32.1. The number of nitrogens with zero attached hydrogens (tertiary/aromatic N) is 1. The fourth-order valence-electron chi connectivity index (χ4n) is 2.22. The summed E-state index contributed by atoms with van der Waals surface area (Å²) in [5.41, 5.74) is 2.15. The van der Waals surface area contributed by atoms with Crippen LogP contribution in [0.1, 0.15) is 22.5 Å². The largest absolute Gasteiger partial charge is 0.326 e. The van der Waals surface area contributed by atoms with Crippen LogP contribution in [0, 0.1) is 0 Å². The van der Waals surface area contributed by atoms with E-state index in [-0.39, 0.29) is 11.8 Å². The molecule has 0 aliphatic rings. The van der Waals surface area contributed by atoms with E-state index in [4.69, 9.17) is 0 Å². The van der Waals surface area contributed by atoms with Crippen LogP contribution in [0.15, 0.2) is 66.0 Å². The zero-order valence-corrected chi connectivity index (χ0v) is 14.3. The number of nitrogens with one attached hydrogen (secondary N) is 2. The van der Waals surface area contributed by atoms with Gasteiger partial charge in [0.2, 0.25) is 5.91 Å². The van der Waals surface area contributed by atoms with E-state index in [2.05, 4.69) is 15.6 Å². The molecule has 6 heteroatoms. The number of hydrogen-bond acceptors (Lipinski definition) is 4. The fraction of sp³-hybridized carbons (Fsp3) is 0.105. The third-order valence-corrected chi connectivity index (χ3v) is 4.28. The first-order valence-electron chi connectivity index (χ1n) is 7.86. The molecule has 5 nitrogen and oxygen atoms in total. The van der Waals surface area contributed by atoms with Crippen LogP contribution < -0.4 is 10.6 Å². The van der Waals surface area contributed by atoms with Crippen molar-refractivity contribution < 1.29 is 9.59 Å². The summed E-state index contributed by atoms with van der Waals surface area (Å²) < 4.78 is 0. The quantitative estimate of drug-likeness (QED) is 0.706. The van der Waals surface area contributed by atoms with Crippen molar-refractivity contribution in [3.8, 4) is 0 Å². The molecule has 126 valence electrons. The maximum Gasteiger partial charge on any atom is 0.257 e. The first-order chi connectivity index (χ1) is 12.2. The molecule has 0 aliphatic carbocycles. The number of carbonyl (C=O) groups excluding carboxylic acids is 2. The second-order valence-corrected chi connectivity index (χ2v) is 6.24. The Labute approximate surface area is 149 Å². The van der Waals surface area contributed by atoms with E-state index in [0.29, 0.717) is 23.5 Å². The van der Waals surface area contributed by atoms with Gasteiger partial charge in [0, 0.05) is 23.1 Å². The smallest absolute Gasteiger partial charge is 0.257 e.